The van der Waals surface area contributed by atoms with Gasteiger partial charge in [0.15, 0.2) is 0 Å². The van der Waals surface area contributed by atoms with Crippen LogP contribution in [0.1, 0.15) is 30.7 Å². The number of fused-ring (bicyclic) bond motifs is 1. The van der Waals surface area contributed by atoms with E-state index in [-0.39, 0.29) is 10.9 Å². The Morgan fingerprint density at radius 2 is 2.13 bits per heavy atom. The van der Waals surface area contributed by atoms with E-state index < -0.39 is 11.7 Å². The lowest BCUT2D eigenvalue weighted by Gasteiger charge is -2.14. The number of aromatic amines is 1. The monoisotopic (exact) mass is 345 g/mol. The van der Waals surface area contributed by atoms with Crippen LogP contribution in [-0.4, -0.2) is 33.9 Å². The molecule has 0 radical (unpaired) electrons. The first-order valence-corrected chi connectivity index (χ1v) is 7.75. The van der Waals surface area contributed by atoms with Crippen LogP contribution in [0, 0.1) is 0 Å². The molecule has 4 nitrogen and oxygen atoms in total. The minimum absolute atomic E-state index is 0.163. The van der Waals surface area contributed by atoms with Crippen molar-refractivity contribution in [2.75, 3.05) is 13.1 Å². The first-order valence-electron chi connectivity index (χ1n) is 7.38. The Hall–Kier alpha value is -1.76. The fourth-order valence-electron chi connectivity index (χ4n) is 2.80. The second-order valence-corrected chi connectivity index (χ2v) is 6.03. The molecule has 0 bridgehead atoms. The largest absolute Gasteiger partial charge is 0.417 e. The number of imidazole rings is 1. The molecule has 0 unspecified atom stereocenters. The van der Waals surface area contributed by atoms with E-state index >= 15 is 0 Å². The molecule has 2 aromatic rings. The Morgan fingerprint density at radius 3 is 2.78 bits per heavy atom. The fraction of sp³-hybridized carbons (Fsp3) is 0.467. The van der Waals surface area contributed by atoms with Crippen LogP contribution in [-0.2, 0) is 17.4 Å². The zero-order chi connectivity index (χ0) is 16.6. The highest BCUT2D eigenvalue weighted by Gasteiger charge is 2.33. The molecule has 1 aromatic carbocycles. The van der Waals surface area contributed by atoms with Crippen molar-refractivity contribution in [3.63, 3.8) is 0 Å². The third-order valence-corrected chi connectivity index (χ3v) is 4.25. The number of H-pyrrole nitrogens is 1. The minimum Gasteiger partial charge on any atom is -0.343 e. The number of hydrogen-bond donors (Lipinski definition) is 1. The molecule has 2 heterocycles. The molecular weight excluding hydrogens is 331 g/mol. The Kier molecular flexibility index (Phi) is 4.23. The molecule has 0 atom stereocenters. The van der Waals surface area contributed by atoms with Gasteiger partial charge in [0.1, 0.15) is 5.82 Å². The predicted octanol–water partition coefficient (Wildman–Crippen LogP) is 3.79. The maximum absolute atomic E-state index is 12.8. The van der Waals surface area contributed by atoms with Gasteiger partial charge in [0.2, 0.25) is 5.91 Å². The van der Waals surface area contributed by atoms with Crippen molar-refractivity contribution in [3.8, 4) is 0 Å². The van der Waals surface area contributed by atoms with Gasteiger partial charge in [-0.25, -0.2) is 4.98 Å². The van der Waals surface area contributed by atoms with Crippen LogP contribution in [0.15, 0.2) is 12.1 Å². The maximum atomic E-state index is 12.8. The lowest BCUT2D eigenvalue weighted by molar-refractivity contribution is -0.137. The summed E-state index contributed by atoms with van der Waals surface area (Å²) in [5.74, 6) is 0.762. The molecule has 8 heteroatoms. The number of nitrogens with one attached hydrogen (secondary N) is 1. The van der Waals surface area contributed by atoms with Gasteiger partial charge in [0, 0.05) is 25.9 Å². The van der Waals surface area contributed by atoms with E-state index in [9.17, 15) is 18.0 Å². The first kappa shape index (κ1) is 16.1. The quantitative estimate of drug-likeness (QED) is 0.916. The van der Waals surface area contributed by atoms with Gasteiger partial charge in [-0.2, -0.15) is 13.2 Å². The van der Waals surface area contributed by atoms with E-state index in [0.717, 1.165) is 19.0 Å². The van der Waals surface area contributed by atoms with Crippen molar-refractivity contribution in [1.29, 1.82) is 0 Å². The average Bonchev–Trinajstić information content (AvgIpc) is 3.03. The molecule has 23 heavy (non-hydrogen) atoms. The lowest BCUT2D eigenvalue weighted by Crippen LogP contribution is -2.25. The van der Waals surface area contributed by atoms with Crippen LogP contribution in [0.5, 0.6) is 0 Å². The number of halogens is 4. The Bertz CT molecular complexity index is 741. The second-order valence-electron chi connectivity index (χ2n) is 5.62. The van der Waals surface area contributed by atoms with Crippen molar-refractivity contribution in [1.82, 2.24) is 14.9 Å². The lowest BCUT2D eigenvalue weighted by atomic mass is 10.2. The molecule has 1 N–H and O–H groups in total. The second kappa shape index (κ2) is 6.03. The molecule has 1 amide bonds. The smallest absolute Gasteiger partial charge is 0.343 e. The van der Waals surface area contributed by atoms with Crippen LogP contribution in [0.25, 0.3) is 11.0 Å². The summed E-state index contributed by atoms with van der Waals surface area (Å²) in [4.78, 5) is 20.5. The van der Waals surface area contributed by atoms with E-state index in [2.05, 4.69) is 9.97 Å². The molecule has 124 valence electrons. The SMILES string of the molecule is O=C1CCCN1CCCc1nc2cc(Cl)c(C(F)(F)F)cc2[nH]1. The van der Waals surface area contributed by atoms with Crippen LogP contribution in [0.4, 0.5) is 13.2 Å². The highest BCUT2D eigenvalue weighted by Crippen LogP contribution is 2.36. The summed E-state index contributed by atoms with van der Waals surface area (Å²) in [6.45, 7) is 1.42. The van der Waals surface area contributed by atoms with Crippen molar-refractivity contribution in [2.24, 2.45) is 0 Å². The van der Waals surface area contributed by atoms with Crippen LogP contribution in [0.3, 0.4) is 0 Å². The summed E-state index contributed by atoms with van der Waals surface area (Å²) in [5.41, 5.74) is -0.145. The third-order valence-electron chi connectivity index (χ3n) is 3.94. The molecule has 1 fully saturated rings. The van der Waals surface area contributed by atoms with Gasteiger partial charge < -0.3 is 9.88 Å². The zero-order valence-corrected chi connectivity index (χ0v) is 13.0. The molecule has 1 saturated heterocycles. The number of hydrogen-bond acceptors (Lipinski definition) is 2. The fourth-order valence-corrected chi connectivity index (χ4v) is 3.06. The Morgan fingerprint density at radius 1 is 1.35 bits per heavy atom. The number of carbonyl (C=O) groups is 1. The van der Waals surface area contributed by atoms with Gasteiger partial charge in [0.05, 0.1) is 21.6 Å². The maximum Gasteiger partial charge on any atom is 0.417 e. The van der Waals surface area contributed by atoms with Crippen LogP contribution < -0.4 is 0 Å². The number of aryl methyl sites for hydroxylation is 1. The van der Waals surface area contributed by atoms with Crippen molar-refractivity contribution in [2.45, 2.75) is 31.9 Å². The summed E-state index contributed by atoms with van der Waals surface area (Å²) in [7, 11) is 0. The molecule has 3 rings (SSSR count). The highest BCUT2D eigenvalue weighted by atomic mass is 35.5. The van der Waals surface area contributed by atoms with Crippen LogP contribution >= 0.6 is 11.6 Å². The number of likely N-dealkylation sites (tertiary alicyclic amines) is 1. The molecule has 0 spiro atoms. The minimum atomic E-state index is -4.49. The Balaban J connectivity index is 1.71. The standard InChI is InChI=1S/C15H15ClF3N3O/c16-10-8-12-11(7-9(10)15(17,18)19)20-13(21-12)3-1-5-22-6-2-4-14(22)23/h7-8H,1-6H2,(H,20,21). The first-order chi connectivity index (χ1) is 10.8. The third kappa shape index (κ3) is 3.44. The normalized spacial score (nSPS) is 15.8. The molecule has 0 aliphatic carbocycles. The number of benzene rings is 1. The summed E-state index contributed by atoms with van der Waals surface area (Å²) >= 11 is 5.69. The predicted molar refractivity (Wildman–Crippen MR) is 80.2 cm³/mol. The summed E-state index contributed by atoms with van der Waals surface area (Å²) < 4.78 is 38.5. The number of aromatic nitrogens is 2. The van der Waals surface area contributed by atoms with Crippen molar-refractivity contribution >= 4 is 28.5 Å². The summed E-state index contributed by atoms with van der Waals surface area (Å²) in [5, 5.41) is -0.356. The molecule has 1 aliphatic rings. The number of nitrogens with zero attached hydrogens (tertiary/aromatic N) is 2. The van der Waals surface area contributed by atoms with Gasteiger partial charge in [-0.05, 0) is 25.0 Å². The molecular formula is C15H15ClF3N3O. The molecule has 1 aliphatic heterocycles. The summed E-state index contributed by atoms with van der Waals surface area (Å²) in [6.07, 6.45) is -1.72. The van der Waals surface area contributed by atoms with Gasteiger partial charge in [-0.15, -0.1) is 0 Å². The number of rotatable bonds is 4. The van der Waals surface area contributed by atoms with E-state index in [1.807, 2.05) is 0 Å². The summed E-state index contributed by atoms with van der Waals surface area (Å²) in [6, 6.07) is 2.21. The molecule has 1 aromatic heterocycles. The van der Waals surface area contributed by atoms with E-state index in [1.165, 1.54) is 6.07 Å². The van der Waals surface area contributed by atoms with Crippen molar-refractivity contribution in [3.05, 3.63) is 28.5 Å². The van der Waals surface area contributed by atoms with Gasteiger partial charge >= 0.3 is 6.18 Å². The highest BCUT2D eigenvalue weighted by molar-refractivity contribution is 6.32. The van der Waals surface area contributed by atoms with Gasteiger partial charge in [0.25, 0.3) is 0 Å². The molecule has 0 saturated carbocycles. The zero-order valence-electron chi connectivity index (χ0n) is 12.2. The van der Waals surface area contributed by atoms with E-state index in [1.54, 1.807) is 4.90 Å². The van der Waals surface area contributed by atoms with E-state index in [4.69, 9.17) is 11.6 Å². The van der Waals surface area contributed by atoms with Gasteiger partial charge in [-0.1, -0.05) is 11.6 Å². The number of carbonyl (C=O) groups excluding carboxylic acids is 1. The number of amides is 1. The Labute approximate surface area is 135 Å². The van der Waals surface area contributed by atoms with Gasteiger partial charge in [-0.3, -0.25) is 4.79 Å². The van der Waals surface area contributed by atoms with Crippen molar-refractivity contribution < 1.29 is 18.0 Å². The topological polar surface area (TPSA) is 49.0 Å². The van der Waals surface area contributed by atoms with E-state index in [0.29, 0.717) is 42.7 Å². The van der Waals surface area contributed by atoms with Crippen LogP contribution in [0.2, 0.25) is 5.02 Å². The average molecular weight is 346 g/mol. The number of alkyl halides is 3.